The summed E-state index contributed by atoms with van der Waals surface area (Å²) in [5.74, 6) is 0.453. The van der Waals surface area contributed by atoms with E-state index < -0.39 is 0 Å². The number of oxime groups is 1. The molecule has 1 heterocycles. The van der Waals surface area contributed by atoms with Gasteiger partial charge in [-0.1, -0.05) is 35.5 Å². The first-order valence-corrected chi connectivity index (χ1v) is 9.17. The molecule has 148 valence electrons. The molecule has 2 aromatic carbocycles. The molecule has 1 fully saturated rings. The van der Waals surface area contributed by atoms with Gasteiger partial charge in [-0.25, -0.2) is 4.79 Å². The molecule has 0 spiro atoms. The lowest BCUT2D eigenvalue weighted by Gasteiger charge is -2.31. The van der Waals surface area contributed by atoms with Gasteiger partial charge in [0.25, 0.3) is 0 Å². The van der Waals surface area contributed by atoms with Crippen molar-refractivity contribution in [2.45, 2.75) is 19.4 Å². The van der Waals surface area contributed by atoms with Gasteiger partial charge in [0.05, 0.1) is 12.8 Å². The number of hydrogen-bond acceptors (Lipinski definition) is 6. The first-order valence-electron chi connectivity index (χ1n) is 9.17. The molecule has 1 saturated heterocycles. The standard InChI is InChI=1S/C21H24N2O5/c1-27-17-7-8-18(19(24)13-17)20(22-26)16-9-11-23(12-10-16)21(25)28-14-15-5-3-2-4-6-15/h2-8,13,16,24,26H,9-12,14H2,1H3. The Morgan fingerprint density at radius 3 is 2.50 bits per heavy atom. The summed E-state index contributed by atoms with van der Waals surface area (Å²) in [5, 5.41) is 23.2. The molecule has 1 aliphatic heterocycles. The third kappa shape index (κ3) is 4.54. The monoisotopic (exact) mass is 384 g/mol. The number of likely N-dealkylation sites (tertiary alicyclic amines) is 1. The van der Waals surface area contributed by atoms with Crippen molar-refractivity contribution < 1.29 is 24.6 Å². The summed E-state index contributed by atoms with van der Waals surface area (Å²) < 4.78 is 10.5. The molecule has 0 aromatic heterocycles. The van der Waals surface area contributed by atoms with Crippen LogP contribution in [0.1, 0.15) is 24.0 Å². The largest absolute Gasteiger partial charge is 0.507 e. The fraction of sp³-hybridized carbons (Fsp3) is 0.333. The minimum Gasteiger partial charge on any atom is -0.507 e. The fourth-order valence-electron chi connectivity index (χ4n) is 3.36. The first-order chi connectivity index (χ1) is 13.6. The van der Waals surface area contributed by atoms with Gasteiger partial charge in [-0.2, -0.15) is 0 Å². The summed E-state index contributed by atoms with van der Waals surface area (Å²) >= 11 is 0. The highest BCUT2D eigenvalue weighted by Gasteiger charge is 2.29. The minimum absolute atomic E-state index is 0.00292. The van der Waals surface area contributed by atoms with Crippen LogP contribution in [0.25, 0.3) is 0 Å². The summed E-state index contributed by atoms with van der Waals surface area (Å²) in [6, 6.07) is 14.4. The number of benzene rings is 2. The number of phenols is 1. The third-order valence-electron chi connectivity index (χ3n) is 4.93. The molecular formula is C21H24N2O5. The Labute approximate surface area is 163 Å². The topological polar surface area (TPSA) is 91.6 Å². The van der Waals surface area contributed by atoms with Gasteiger partial charge in [0, 0.05) is 30.6 Å². The number of carbonyl (C=O) groups excluding carboxylic acids is 1. The van der Waals surface area contributed by atoms with Crippen LogP contribution in [0.5, 0.6) is 11.5 Å². The van der Waals surface area contributed by atoms with E-state index in [1.807, 2.05) is 30.3 Å². The number of methoxy groups -OCH3 is 1. The fourth-order valence-corrected chi connectivity index (χ4v) is 3.36. The van der Waals surface area contributed by atoms with E-state index in [9.17, 15) is 15.1 Å². The number of ether oxygens (including phenoxy) is 2. The summed E-state index contributed by atoms with van der Waals surface area (Å²) in [4.78, 5) is 13.9. The SMILES string of the molecule is COc1ccc(C(=NO)C2CCN(C(=O)OCc3ccccc3)CC2)c(O)c1. The summed E-state index contributed by atoms with van der Waals surface area (Å²) in [6.45, 7) is 1.23. The highest BCUT2D eigenvalue weighted by molar-refractivity contribution is 6.04. The number of nitrogens with zero attached hydrogens (tertiary/aromatic N) is 2. The molecule has 2 N–H and O–H groups in total. The van der Waals surface area contributed by atoms with E-state index >= 15 is 0 Å². The van der Waals surface area contributed by atoms with Crippen molar-refractivity contribution in [2.75, 3.05) is 20.2 Å². The van der Waals surface area contributed by atoms with Crippen LogP contribution < -0.4 is 4.74 Å². The van der Waals surface area contributed by atoms with Crippen LogP contribution in [0.3, 0.4) is 0 Å². The average Bonchev–Trinajstić information content (AvgIpc) is 2.74. The number of amides is 1. The van der Waals surface area contributed by atoms with E-state index in [0.29, 0.717) is 43.0 Å². The van der Waals surface area contributed by atoms with Crippen LogP contribution in [-0.4, -0.2) is 47.2 Å². The summed E-state index contributed by atoms with van der Waals surface area (Å²) in [7, 11) is 1.52. The zero-order valence-corrected chi connectivity index (χ0v) is 15.7. The van der Waals surface area contributed by atoms with Crippen molar-refractivity contribution in [1.29, 1.82) is 0 Å². The maximum atomic E-state index is 12.3. The number of aromatic hydroxyl groups is 1. The molecule has 1 aliphatic rings. The molecule has 28 heavy (non-hydrogen) atoms. The molecule has 2 aromatic rings. The zero-order valence-electron chi connectivity index (χ0n) is 15.7. The number of rotatable bonds is 5. The predicted molar refractivity (Wildman–Crippen MR) is 104 cm³/mol. The van der Waals surface area contributed by atoms with Gasteiger partial charge in [-0.15, -0.1) is 0 Å². The molecule has 7 nitrogen and oxygen atoms in total. The smallest absolute Gasteiger partial charge is 0.410 e. The first kappa shape index (κ1) is 19.5. The second-order valence-corrected chi connectivity index (χ2v) is 6.67. The van der Waals surface area contributed by atoms with Gasteiger partial charge in [0.15, 0.2) is 0 Å². The molecule has 3 rings (SSSR count). The van der Waals surface area contributed by atoms with Crippen molar-refractivity contribution in [2.24, 2.45) is 11.1 Å². The normalized spacial score (nSPS) is 15.3. The van der Waals surface area contributed by atoms with Crippen molar-refractivity contribution in [3.8, 4) is 11.5 Å². The maximum absolute atomic E-state index is 12.3. The number of piperidine rings is 1. The molecule has 0 saturated carbocycles. The van der Waals surface area contributed by atoms with Crippen molar-refractivity contribution >= 4 is 11.8 Å². The van der Waals surface area contributed by atoms with Crippen LogP contribution in [-0.2, 0) is 11.3 Å². The van der Waals surface area contributed by atoms with E-state index in [0.717, 1.165) is 5.56 Å². The average molecular weight is 384 g/mol. The molecule has 0 atom stereocenters. The van der Waals surface area contributed by atoms with Gasteiger partial charge >= 0.3 is 6.09 Å². The lowest BCUT2D eigenvalue weighted by molar-refractivity contribution is 0.0863. The van der Waals surface area contributed by atoms with Gasteiger partial charge in [0.2, 0.25) is 0 Å². The molecule has 0 bridgehead atoms. The number of carbonyl (C=O) groups is 1. The van der Waals surface area contributed by atoms with Crippen LogP contribution in [0.2, 0.25) is 0 Å². The van der Waals surface area contributed by atoms with E-state index in [1.54, 1.807) is 17.0 Å². The predicted octanol–water partition coefficient (Wildman–Crippen LogP) is 3.63. The number of hydrogen-bond donors (Lipinski definition) is 2. The van der Waals surface area contributed by atoms with Crippen molar-refractivity contribution in [3.05, 3.63) is 59.7 Å². The molecule has 7 heteroatoms. The highest BCUT2D eigenvalue weighted by Crippen LogP contribution is 2.30. The van der Waals surface area contributed by atoms with Gasteiger partial charge in [-0.05, 0) is 30.5 Å². The van der Waals surface area contributed by atoms with Crippen LogP contribution >= 0.6 is 0 Å². The molecule has 0 unspecified atom stereocenters. The lowest BCUT2D eigenvalue weighted by atomic mass is 9.88. The second kappa shape index (κ2) is 9.12. The van der Waals surface area contributed by atoms with Gasteiger partial charge in [-0.3, -0.25) is 0 Å². The Kier molecular flexibility index (Phi) is 6.37. The Bertz CT molecular complexity index is 830. The van der Waals surface area contributed by atoms with E-state index in [2.05, 4.69) is 5.16 Å². The third-order valence-corrected chi connectivity index (χ3v) is 4.93. The second-order valence-electron chi connectivity index (χ2n) is 6.67. The van der Waals surface area contributed by atoms with Crippen LogP contribution in [0.4, 0.5) is 4.79 Å². The summed E-state index contributed by atoms with van der Waals surface area (Å²) in [5.41, 5.74) is 1.82. The van der Waals surface area contributed by atoms with E-state index in [1.165, 1.54) is 13.2 Å². The molecular weight excluding hydrogens is 360 g/mol. The Morgan fingerprint density at radius 2 is 1.89 bits per heavy atom. The van der Waals surface area contributed by atoms with E-state index in [-0.39, 0.29) is 24.4 Å². The highest BCUT2D eigenvalue weighted by atomic mass is 16.6. The Hall–Kier alpha value is -3.22. The van der Waals surface area contributed by atoms with E-state index in [4.69, 9.17) is 9.47 Å². The number of phenolic OH excluding ortho intramolecular Hbond substituents is 1. The Morgan fingerprint density at radius 1 is 1.18 bits per heavy atom. The quantitative estimate of drug-likeness (QED) is 0.467. The maximum Gasteiger partial charge on any atom is 0.410 e. The molecule has 1 amide bonds. The minimum atomic E-state index is -0.350. The zero-order chi connectivity index (χ0) is 19.9. The summed E-state index contributed by atoms with van der Waals surface area (Å²) in [6.07, 6.45) is 0.883. The Balaban J connectivity index is 1.57. The van der Waals surface area contributed by atoms with Crippen molar-refractivity contribution in [1.82, 2.24) is 4.90 Å². The lowest BCUT2D eigenvalue weighted by Crippen LogP contribution is -2.40. The van der Waals surface area contributed by atoms with Crippen molar-refractivity contribution in [3.63, 3.8) is 0 Å². The van der Waals surface area contributed by atoms with Gasteiger partial charge < -0.3 is 24.7 Å². The molecule has 0 aliphatic carbocycles. The van der Waals surface area contributed by atoms with Crippen LogP contribution in [0.15, 0.2) is 53.7 Å². The van der Waals surface area contributed by atoms with Gasteiger partial charge in [0.1, 0.15) is 18.1 Å². The molecule has 0 radical (unpaired) electrons. The van der Waals surface area contributed by atoms with Crippen LogP contribution in [0, 0.1) is 5.92 Å².